The van der Waals surface area contributed by atoms with Crippen molar-refractivity contribution in [3.8, 4) is 5.75 Å². The lowest BCUT2D eigenvalue weighted by Crippen LogP contribution is -2.17. The Morgan fingerprint density at radius 1 is 1.26 bits per heavy atom. The number of nitrogens with two attached hydrogens (primary N) is 1. The molecule has 0 saturated heterocycles. The molecule has 0 atom stereocenters. The minimum atomic E-state index is -4.66. The quantitative estimate of drug-likeness (QED) is 0.632. The van der Waals surface area contributed by atoms with Gasteiger partial charge < -0.3 is 10.5 Å². The van der Waals surface area contributed by atoms with E-state index >= 15 is 0 Å². The van der Waals surface area contributed by atoms with Gasteiger partial charge in [0.05, 0.1) is 0 Å². The topological polar surface area (TPSA) is 35.2 Å². The molecule has 0 bridgehead atoms. The molecule has 0 aliphatic rings. The molecule has 19 heavy (non-hydrogen) atoms. The van der Waals surface area contributed by atoms with Crippen LogP contribution in [0, 0.1) is 0 Å². The Balaban J connectivity index is 2.90. The maximum Gasteiger partial charge on any atom is 0.573 e. The monoisotopic (exact) mass is 293 g/mol. The predicted molar refractivity (Wildman–Crippen MR) is 71.6 cm³/mol. The van der Waals surface area contributed by atoms with Gasteiger partial charge in [0.2, 0.25) is 0 Å². The summed E-state index contributed by atoms with van der Waals surface area (Å²) in [5, 5.41) is 0. The maximum atomic E-state index is 12.3. The van der Waals surface area contributed by atoms with Gasteiger partial charge in [0, 0.05) is 4.90 Å². The summed E-state index contributed by atoms with van der Waals surface area (Å²) in [6.07, 6.45) is -3.83. The van der Waals surface area contributed by atoms with E-state index in [0.29, 0.717) is 6.54 Å². The number of halogens is 3. The first-order chi connectivity index (χ1) is 8.81. The van der Waals surface area contributed by atoms with Gasteiger partial charge in [0.15, 0.2) is 0 Å². The lowest BCUT2D eigenvalue weighted by Gasteiger charge is -2.14. The Hall–Kier alpha value is -0.880. The van der Waals surface area contributed by atoms with E-state index in [4.69, 9.17) is 5.73 Å². The second kappa shape index (κ2) is 7.05. The smallest absolute Gasteiger partial charge is 0.406 e. The van der Waals surface area contributed by atoms with Crippen LogP contribution in [0.25, 0.3) is 0 Å². The number of thioether (sulfide) groups is 1. The molecule has 0 radical (unpaired) electrons. The first-order valence-electron chi connectivity index (χ1n) is 6.05. The lowest BCUT2D eigenvalue weighted by atomic mass is 10.0. The highest BCUT2D eigenvalue weighted by Crippen LogP contribution is 2.32. The highest BCUT2D eigenvalue weighted by Gasteiger charge is 2.31. The molecule has 1 rings (SSSR count). The van der Waals surface area contributed by atoms with Gasteiger partial charge >= 0.3 is 6.36 Å². The number of rotatable bonds is 6. The van der Waals surface area contributed by atoms with Crippen LogP contribution in [0.2, 0.25) is 0 Å². The zero-order valence-electron chi connectivity index (χ0n) is 11.0. The summed E-state index contributed by atoms with van der Waals surface area (Å²) in [5.41, 5.74) is 6.23. The van der Waals surface area contributed by atoms with Crippen LogP contribution in [0.1, 0.15) is 31.7 Å². The number of hydrogen-bond acceptors (Lipinski definition) is 3. The van der Waals surface area contributed by atoms with E-state index in [1.807, 2.05) is 19.9 Å². The minimum absolute atomic E-state index is 0.144. The van der Waals surface area contributed by atoms with Crippen LogP contribution in [0.4, 0.5) is 13.2 Å². The number of hydrogen-bond donors (Lipinski definition) is 1. The zero-order chi connectivity index (χ0) is 14.5. The first-order valence-corrected chi connectivity index (χ1v) is 7.04. The standard InChI is InChI=1S/C13H18F3NOS/c1-9(2)10-6-11(18-13(14,15)16)8-12(7-10)19-5-3-4-17/h6-9H,3-5,17H2,1-2H3. The molecule has 0 amide bonds. The first kappa shape index (κ1) is 16.2. The van der Waals surface area contributed by atoms with Gasteiger partial charge in [-0.2, -0.15) is 0 Å². The fourth-order valence-electron chi connectivity index (χ4n) is 1.48. The summed E-state index contributed by atoms with van der Waals surface area (Å²) in [4.78, 5) is 0.777. The van der Waals surface area contributed by atoms with Crippen molar-refractivity contribution in [1.29, 1.82) is 0 Å². The molecular formula is C13H18F3NOS. The normalized spacial score (nSPS) is 11.9. The Morgan fingerprint density at radius 2 is 1.95 bits per heavy atom. The molecule has 0 aromatic heterocycles. The van der Waals surface area contributed by atoms with E-state index in [9.17, 15) is 13.2 Å². The van der Waals surface area contributed by atoms with Crippen molar-refractivity contribution in [2.45, 2.75) is 37.4 Å². The molecule has 0 unspecified atom stereocenters. The molecule has 1 aromatic carbocycles. The van der Waals surface area contributed by atoms with E-state index in [2.05, 4.69) is 4.74 Å². The third-order valence-corrected chi connectivity index (χ3v) is 3.48. The molecule has 108 valence electrons. The summed E-state index contributed by atoms with van der Waals surface area (Å²) < 4.78 is 40.8. The molecule has 0 aliphatic heterocycles. The maximum absolute atomic E-state index is 12.3. The third-order valence-electron chi connectivity index (χ3n) is 2.42. The SMILES string of the molecule is CC(C)c1cc(OC(F)(F)F)cc(SCCCN)c1. The number of alkyl halides is 3. The molecule has 1 aromatic rings. The van der Waals surface area contributed by atoms with Gasteiger partial charge in [-0.05, 0) is 48.4 Å². The van der Waals surface area contributed by atoms with Crippen molar-refractivity contribution in [2.75, 3.05) is 12.3 Å². The van der Waals surface area contributed by atoms with E-state index in [1.165, 1.54) is 23.9 Å². The van der Waals surface area contributed by atoms with E-state index < -0.39 is 6.36 Å². The van der Waals surface area contributed by atoms with Crippen LogP contribution in [0.3, 0.4) is 0 Å². The molecule has 0 saturated carbocycles. The van der Waals surface area contributed by atoms with Crippen LogP contribution in [0.5, 0.6) is 5.75 Å². The fourth-order valence-corrected chi connectivity index (χ4v) is 2.44. The van der Waals surface area contributed by atoms with E-state index in [1.54, 1.807) is 0 Å². The molecule has 2 N–H and O–H groups in total. The largest absolute Gasteiger partial charge is 0.573 e. The second-order valence-corrected chi connectivity index (χ2v) is 5.60. The molecule has 0 fully saturated rings. The Bertz CT molecular complexity index is 407. The van der Waals surface area contributed by atoms with Gasteiger partial charge in [0.1, 0.15) is 5.75 Å². The van der Waals surface area contributed by atoms with Crippen molar-refractivity contribution >= 4 is 11.8 Å². The molecular weight excluding hydrogens is 275 g/mol. The van der Waals surface area contributed by atoms with Gasteiger partial charge in [-0.3, -0.25) is 0 Å². The molecule has 6 heteroatoms. The van der Waals surface area contributed by atoms with Crippen LogP contribution in [-0.2, 0) is 0 Å². The minimum Gasteiger partial charge on any atom is -0.406 e. The molecule has 0 heterocycles. The van der Waals surface area contributed by atoms with Gasteiger partial charge in [-0.1, -0.05) is 13.8 Å². The summed E-state index contributed by atoms with van der Waals surface area (Å²) in [6, 6.07) is 4.75. The van der Waals surface area contributed by atoms with Crippen molar-refractivity contribution in [2.24, 2.45) is 5.73 Å². The highest BCUT2D eigenvalue weighted by atomic mass is 32.2. The van der Waals surface area contributed by atoms with Gasteiger partial charge in [0.25, 0.3) is 0 Å². The number of ether oxygens (including phenoxy) is 1. The second-order valence-electron chi connectivity index (χ2n) is 4.43. The van der Waals surface area contributed by atoms with Crippen molar-refractivity contribution in [3.05, 3.63) is 23.8 Å². The molecule has 0 spiro atoms. The summed E-state index contributed by atoms with van der Waals surface area (Å²) in [7, 11) is 0. The Labute approximate surface area is 115 Å². The third kappa shape index (κ3) is 6.20. The highest BCUT2D eigenvalue weighted by molar-refractivity contribution is 7.99. The van der Waals surface area contributed by atoms with Crippen LogP contribution >= 0.6 is 11.8 Å². The summed E-state index contributed by atoms with van der Waals surface area (Å²) >= 11 is 1.49. The van der Waals surface area contributed by atoms with Crippen molar-refractivity contribution in [3.63, 3.8) is 0 Å². The van der Waals surface area contributed by atoms with Crippen LogP contribution < -0.4 is 10.5 Å². The predicted octanol–water partition coefficient (Wildman–Crippen LogP) is 4.15. The molecule has 2 nitrogen and oxygen atoms in total. The summed E-state index contributed by atoms with van der Waals surface area (Å²) in [5.74, 6) is 0.767. The van der Waals surface area contributed by atoms with Crippen molar-refractivity contribution < 1.29 is 17.9 Å². The van der Waals surface area contributed by atoms with Crippen LogP contribution in [-0.4, -0.2) is 18.7 Å². The number of benzene rings is 1. The lowest BCUT2D eigenvalue weighted by molar-refractivity contribution is -0.274. The average molecular weight is 293 g/mol. The Kier molecular flexibility index (Phi) is 6.00. The Morgan fingerprint density at radius 3 is 2.47 bits per heavy atom. The average Bonchev–Trinajstić information content (AvgIpc) is 2.26. The van der Waals surface area contributed by atoms with Gasteiger partial charge in [-0.15, -0.1) is 24.9 Å². The van der Waals surface area contributed by atoms with Gasteiger partial charge in [-0.25, -0.2) is 0 Å². The summed E-state index contributed by atoms with van der Waals surface area (Å²) in [6.45, 7) is 4.44. The van der Waals surface area contributed by atoms with E-state index in [-0.39, 0.29) is 11.7 Å². The molecule has 0 aliphatic carbocycles. The fraction of sp³-hybridized carbons (Fsp3) is 0.538. The van der Waals surface area contributed by atoms with Crippen LogP contribution in [0.15, 0.2) is 23.1 Å². The van der Waals surface area contributed by atoms with Crippen molar-refractivity contribution in [1.82, 2.24) is 0 Å². The van der Waals surface area contributed by atoms with E-state index in [0.717, 1.165) is 22.6 Å². The zero-order valence-corrected chi connectivity index (χ0v) is 11.8.